The molecule has 0 aromatic carbocycles. The molecule has 0 saturated carbocycles. The Labute approximate surface area is 167 Å². The van der Waals surface area contributed by atoms with E-state index in [1.807, 2.05) is 18.4 Å². The van der Waals surface area contributed by atoms with Crippen LogP contribution in [-0.4, -0.2) is 61.6 Å². The second-order valence-corrected chi connectivity index (χ2v) is 7.66. The number of halogens is 1. The summed E-state index contributed by atoms with van der Waals surface area (Å²) >= 11 is 1.85. The van der Waals surface area contributed by atoms with Crippen LogP contribution in [-0.2, 0) is 6.42 Å². The summed E-state index contributed by atoms with van der Waals surface area (Å²) in [4.78, 5) is 10.9. The predicted molar refractivity (Wildman–Crippen MR) is 115 cm³/mol. The number of rotatable bonds is 5. The molecule has 1 aromatic heterocycles. The first-order valence-corrected chi connectivity index (χ1v) is 9.51. The summed E-state index contributed by atoms with van der Waals surface area (Å²) in [5.41, 5.74) is 0. The SMILES string of the molecule is CN=C(NCC(C)Cc1cccs1)N1CCC(N2CC=CC2)C1.I. The largest absolute Gasteiger partial charge is 0.356 e. The fourth-order valence-electron chi connectivity index (χ4n) is 3.47. The minimum atomic E-state index is 0. The third kappa shape index (κ3) is 5.20. The maximum atomic E-state index is 4.50. The summed E-state index contributed by atoms with van der Waals surface area (Å²) in [5.74, 6) is 1.68. The fourth-order valence-corrected chi connectivity index (χ4v) is 4.34. The van der Waals surface area contributed by atoms with Crippen LogP contribution in [0.15, 0.2) is 34.7 Å². The van der Waals surface area contributed by atoms with Gasteiger partial charge in [-0.3, -0.25) is 9.89 Å². The third-order valence-electron chi connectivity index (χ3n) is 4.78. The van der Waals surface area contributed by atoms with Crippen LogP contribution in [0, 0.1) is 5.92 Å². The first-order valence-electron chi connectivity index (χ1n) is 8.63. The minimum Gasteiger partial charge on any atom is -0.356 e. The van der Waals surface area contributed by atoms with E-state index in [4.69, 9.17) is 0 Å². The molecule has 1 saturated heterocycles. The van der Waals surface area contributed by atoms with E-state index in [0.717, 1.165) is 45.1 Å². The third-order valence-corrected chi connectivity index (χ3v) is 5.67. The van der Waals surface area contributed by atoms with Crippen LogP contribution in [0.1, 0.15) is 18.2 Å². The van der Waals surface area contributed by atoms with Gasteiger partial charge < -0.3 is 10.2 Å². The molecule has 134 valence electrons. The minimum absolute atomic E-state index is 0. The zero-order valence-corrected chi connectivity index (χ0v) is 17.8. The Bertz CT molecular complexity index is 535. The van der Waals surface area contributed by atoms with E-state index >= 15 is 0 Å². The van der Waals surface area contributed by atoms with Gasteiger partial charge in [0, 0.05) is 50.7 Å². The Balaban J connectivity index is 0.00000208. The highest BCUT2D eigenvalue weighted by molar-refractivity contribution is 14.0. The van der Waals surface area contributed by atoms with Gasteiger partial charge in [0.15, 0.2) is 5.96 Å². The first kappa shape index (κ1) is 19.7. The highest BCUT2D eigenvalue weighted by Crippen LogP contribution is 2.18. The van der Waals surface area contributed by atoms with Crippen molar-refractivity contribution in [2.75, 3.05) is 39.8 Å². The van der Waals surface area contributed by atoms with E-state index in [9.17, 15) is 0 Å². The molecule has 3 rings (SSSR count). The van der Waals surface area contributed by atoms with E-state index in [1.54, 1.807) is 0 Å². The van der Waals surface area contributed by atoms with Crippen LogP contribution in [0.2, 0.25) is 0 Å². The molecule has 0 amide bonds. The maximum absolute atomic E-state index is 4.50. The number of guanidine groups is 1. The summed E-state index contributed by atoms with van der Waals surface area (Å²) in [6.07, 6.45) is 6.95. The fraction of sp³-hybridized carbons (Fsp3) is 0.611. The molecular weight excluding hydrogens is 431 g/mol. The highest BCUT2D eigenvalue weighted by atomic mass is 127. The summed E-state index contributed by atoms with van der Waals surface area (Å²) in [6, 6.07) is 5.04. The summed E-state index contributed by atoms with van der Waals surface area (Å²) in [6.45, 7) is 7.73. The van der Waals surface area contributed by atoms with Crippen molar-refractivity contribution in [2.24, 2.45) is 10.9 Å². The second kappa shape index (κ2) is 9.77. The number of nitrogens with one attached hydrogen (secondary N) is 1. The summed E-state index contributed by atoms with van der Waals surface area (Å²) in [5, 5.41) is 5.74. The van der Waals surface area contributed by atoms with Crippen LogP contribution < -0.4 is 5.32 Å². The standard InChI is InChI=1S/C18H28N4S.HI/c1-15(12-17-6-5-11-23-17)13-20-18(19-2)22-10-7-16(14-22)21-8-3-4-9-21;/h3-6,11,15-16H,7-10,12-14H2,1-2H3,(H,19,20);1H. The lowest BCUT2D eigenvalue weighted by atomic mass is 10.1. The van der Waals surface area contributed by atoms with Gasteiger partial charge in [0.1, 0.15) is 0 Å². The number of thiophene rings is 1. The monoisotopic (exact) mass is 460 g/mol. The highest BCUT2D eigenvalue weighted by Gasteiger charge is 2.29. The molecule has 0 bridgehead atoms. The van der Waals surface area contributed by atoms with Crippen molar-refractivity contribution in [3.05, 3.63) is 34.5 Å². The maximum Gasteiger partial charge on any atom is 0.193 e. The summed E-state index contributed by atoms with van der Waals surface area (Å²) < 4.78 is 0. The van der Waals surface area contributed by atoms with Crippen LogP contribution in [0.3, 0.4) is 0 Å². The van der Waals surface area contributed by atoms with Crippen LogP contribution in [0.25, 0.3) is 0 Å². The normalized spacial score (nSPS) is 22.7. The average Bonchev–Trinajstić information content (AvgIpc) is 3.30. The van der Waals surface area contributed by atoms with E-state index in [1.165, 1.54) is 11.3 Å². The molecule has 1 fully saturated rings. The molecule has 24 heavy (non-hydrogen) atoms. The van der Waals surface area contributed by atoms with Gasteiger partial charge in [-0.2, -0.15) is 0 Å². The Kier molecular flexibility index (Phi) is 8.03. The molecule has 2 aliphatic heterocycles. The zero-order valence-electron chi connectivity index (χ0n) is 14.6. The molecule has 4 nitrogen and oxygen atoms in total. The molecule has 2 atom stereocenters. The molecule has 2 unspecified atom stereocenters. The molecule has 6 heteroatoms. The van der Waals surface area contributed by atoms with Crippen LogP contribution in [0.5, 0.6) is 0 Å². The van der Waals surface area contributed by atoms with Crippen molar-refractivity contribution < 1.29 is 0 Å². The molecule has 0 radical (unpaired) electrons. The van der Waals surface area contributed by atoms with Gasteiger partial charge in [0.05, 0.1) is 0 Å². The molecular formula is C18H29IN4S. The number of hydrogen-bond acceptors (Lipinski definition) is 3. The van der Waals surface area contributed by atoms with Crippen LogP contribution in [0.4, 0.5) is 0 Å². The molecule has 1 N–H and O–H groups in total. The van der Waals surface area contributed by atoms with Crippen molar-refractivity contribution in [2.45, 2.75) is 25.8 Å². The molecule has 2 aliphatic rings. The average molecular weight is 460 g/mol. The van der Waals surface area contributed by atoms with Crippen molar-refractivity contribution in [3.63, 3.8) is 0 Å². The van der Waals surface area contributed by atoms with E-state index in [2.05, 4.69) is 56.7 Å². The van der Waals surface area contributed by atoms with Gasteiger partial charge in [-0.05, 0) is 30.2 Å². The smallest absolute Gasteiger partial charge is 0.193 e. The van der Waals surface area contributed by atoms with Crippen molar-refractivity contribution in [3.8, 4) is 0 Å². The molecule has 3 heterocycles. The number of likely N-dealkylation sites (tertiary alicyclic amines) is 1. The number of aliphatic imine (C=N–C) groups is 1. The Morgan fingerprint density at radius 2 is 2.21 bits per heavy atom. The lowest BCUT2D eigenvalue weighted by molar-refractivity contribution is 0.259. The predicted octanol–water partition coefficient (Wildman–Crippen LogP) is 3.07. The van der Waals surface area contributed by atoms with Gasteiger partial charge in [0.2, 0.25) is 0 Å². The van der Waals surface area contributed by atoms with Gasteiger partial charge in [-0.25, -0.2) is 0 Å². The van der Waals surface area contributed by atoms with Crippen molar-refractivity contribution in [1.29, 1.82) is 0 Å². The van der Waals surface area contributed by atoms with E-state index in [0.29, 0.717) is 12.0 Å². The lowest BCUT2D eigenvalue weighted by Crippen LogP contribution is -2.44. The van der Waals surface area contributed by atoms with E-state index < -0.39 is 0 Å². The Morgan fingerprint density at radius 3 is 2.88 bits per heavy atom. The van der Waals surface area contributed by atoms with E-state index in [-0.39, 0.29) is 24.0 Å². The lowest BCUT2D eigenvalue weighted by Gasteiger charge is -2.26. The number of nitrogens with zero attached hydrogens (tertiary/aromatic N) is 3. The molecule has 0 aliphatic carbocycles. The van der Waals surface area contributed by atoms with Crippen molar-refractivity contribution in [1.82, 2.24) is 15.1 Å². The second-order valence-electron chi connectivity index (χ2n) is 6.63. The Morgan fingerprint density at radius 1 is 1.42 bits per heavy atom. The quantitative estimate of drug-likeness (QED) is 0.317. The molecule has 1 aromatic rings. The van der Waals surface area contributed by atoms with Gasteiger partial charge in [-0.15, -0.1) is 35.3 Å². The van der Waals surface area contributed by atoms with Gasteiger partial charge in [0.25, 0.3) is 0 Å². The number of hydrogen-bond donors (Lipinski definition) is 1. The van der Waals surface area contributed by atoms with Gasteiger partial charge >= 0.3 is 0 Å². The summed E-state index contributed by atoms with van der Waals surface area (Å²) in [7, 11) is 1.90. The molecule has 0 spiro atoms. The topological polar surface area (TPSA) is 30.9 Å². The van der Waals surface area contributed by atoms with Gasteiger partial charge in [-0.1, -0.05) is 25.1 Å². The Hall–Kier alpha value is -0.600. The van der Waals surface area contributed by atoms with Crippen LogP contribution >= 0.6 is 35.3 Å². The van der Waals surface area contributed by atoms with Crippen molar-refractivity contribution >= 4 is 41.3 Å². The zero-order chi connectivity index (χ0) is 16.1. The first-order chi connectivity index (χ1) is 11.3.